The van der Waals surface area contributed by atoms with E-state index in [1.54, 1.807) is 0 Å². The predicted octanol–water partition coefficient (Wildman–Crippen LogP) is 2.60. The average molecular weight is 195 g/mol. The van der Waals surface area contributed by atoms with Gasteiger partial charge in [0.05, 0.1) is 0 Å². The molecule has 1 aromatic heterocycles. The first-order valence-corrected chi connectivity index (χ1v) is 5.18. The smallest absolute Gasteiger partial charge is 0.145 e. The Hall–Kier alpha value is -0.990. The highest BCUT2D eigenvalue weighted by Gasteiger charge is 2.10. The van der Waals surface area contributed by atoms with E-state index in [4.69, 9.17) is 5.73 Å². The Morgan fingerprint density at radius 2 is 2.07 bits per heavy atom. The van der Waals surface area contributed by atoms with Crippen LogP contribution in [0.15, 0.2) is 6.07 Å². The first-order valence-electron chi connectivity index (χ1n) is 5.18. The monoisotopic (exact) mass is 195 g/mol. The van der Waals surface area contributed by atoms with Gasteiger partial charge in [0.2, 0.25) is 0 Å². The molecule has 0 aliphatic carbocycles. The van der Waals surface area contributed by atoms with Crippen molar-refractivity contribution in [3.63, 3.8) is 0 Å². The summed E-state index contributed by atoms with van der Waals surface area (Å²) in [4.78, 5) is 0. The highest BCUT2D eigenvalue weighted by molar-refractivity contribution is 5.28. The molecule has 0 saturated heterocycles. The van der Waals surface area contributed by atoms with Crippen LogP contribution >= 0.6 is 0 Å². The molecular formula is C11H21N3. The molecule has 1 heterocycles. The molecule has 3 nitrogen and oxygen atoms in total. The molecule has 0 radical (unpaired) electrons. The Balaban J connectivity index is 2.42. The molecule has 2 N–H and O–H groups in total. The second kappa shape index (κ2) is 4.03. The summed E-state index contributed by atoms with van der Waals surface area (Å²) in [6, 6.07) is 1.91. The van der Waals surface area contributed by atoms with E-state index in [2.05, 4.69) is 25.9 Å². The number of rotatable bonds is 3. The number of nitrogens with two attached hydrogens (primary N) is 1. The van der Waals surface area contributed by atoms with Crippen LogP contribution in [0, 0.1) is 12.3 Å². The lowest BCUT2D eigenvalue weighted by atomic mass is 9.91. The molecule has 0 aliphatic rings. The molecule has 0 fully saturated rings. The maximum absolute atomic E-state index is 5.61. The minimum absolute atomic E-state index is 0.409. The van der Waals surface area contributed by atoms with E-state index in [0.29, 0.717) is 11.2 Å². The number of aryl methyl sites for hydroxylation is 2. The normalized spacial score (nSPS) is 12.0. The van der Waals surface area contributed by atoms with Crippen LogP contribution in [-0.4, -0.2) is 9.78 Å². The molecule has 0 atom stereocenters. The number of hydrogen-bond acceptors (Lipinski definition) is 2. The standard InChI is InChI=1S/C11H21N3/c1-9-8-10(12)13-14(9)7-5-6-11(2,3)4/h8H,5-7H2,1-4H3,(H2,12,13). The van der Waals surface area contributed by atoms with Gasteiger partial charge in [-0.1, -0.05) is 20.8 Å². The summed E-state index contributed by atoms with van der Waals surface area (Å²) in [7, 11) is 0. The first-order chi connectivity index (χ1) is 6.38. The van der Waals surface area contributed by atoms with Gasteiger partial charge in [-0.2, -0.15) is 5.10 Å². The van der Waals surface area contributed by atoms with E-state index in [1.165, 1.54) is 6.42 Å². The van der Waals surface area contributed by atoms with Crippen molar-refractivity contribution in [2.45, 2.75) is 47.1 Å². The van der Waals surface area contributed by atoms with E-state index < -0.39 is 0 Å². The zero-order valence-electron chi connectivity index (χ0n) is 9.67. The molecule has 0 spiro atoms. The van der Waals surface area contributed by atoms with Crippen LogP contribution in [0.5, 0.6) is 0 Å². The van der Waals surface area contributed by atoms with Gasteiger partial charge in [-0.05, 0) is 25.2 Å². The maximum atomic E-state index is 5.61. The topological polar surface area (TPSA) is 43.8 Å². The van der Waals surface area contributed by atoms with Crippen molar-refractivity contribution >= 4 is 5.82 Å². The summed E-state index contributed by atoms with van der Waals surface area (Å²) in [5.74, 6) is 0.623. The molecule has 0 aromatic carbocycles. The third-order valence-electron chi connectivity index (χ3n) is 2.30. The number of hydrogen-bond donors (Lipinski definition) is 1. The van der Waals surface area contributed by atoms with E-state index in [1.807, 2.05) is 17.7 Å². The molecule has 14 heavy (non-hydrogen) atoms. The molecule has 0 unspecified atom stereocenters. The SMILES string of the molecule is Cc1cc(N)nn1CCCC(C)(C)C. The van der Waals surface area contributed by atoms with E-state index >= 15 is 0 Å². The molecule has 1 rings (SSSR count). The highest BCUT2D eigenvalue weighted by atomic mass is 15.3. The van der Waals surface area contributed by atoms with E-state index in [9.17, 15) is 0 Å². The molecule has 0 bridgehead atoms. The van der Waals surface area contributed by atoms with E-state index in [-0.39, 0.29) is 0 Å². The third-order valence-corrected chi connectivity index (χ3v) is 2.30. The Labute approximate surface area is 86.3 Å². The molecule has 0 saturated carbocycles. The van der Waals surface area contributed by atoms with Crippen molar-refractivity contribution in [1.82, 2.24) is 9.78 Å². The van der Waals surface area contributed by atoms with Crippen LogP contribution in [0.4, 0.5) is 5.82 Å². The Morgan fingerprint density at radius 1 is 1.43 bits per heavy atom. The minimum atomic E-state index is 0.409. The summed E-state index contributed by atoms with van der Waals surface area (Å²) in [6.07, 6.45) is 2.37. The Morgan fingerprint density at radius 3 is 2.50 bits per heavy atom. The van der Waals surface area contributed by atoms with Gasteiger partial charge in [-0.15, -0.1) is 0 Å². The molecule has 3 heteroatoms. The van der Waals surface area contributed by atoms with Gasteiger partial charge in [0.1, 0.15) is 5.82 Å². The summed E-state index contributed by atoms with van der Waals surface area (Å²) in [5, 5.41) is 4.22. The number of anilines is 1. The predicted molar refractivity (Wildman–Crippen MR) is 60.1 cm³/mol. The largest absolute Gasteiger partial charge is 0.382 e. The number of aromatic nitrogens is 2. The van der Waals surface area contributed by atoms with Crippen LogP contribution in [0.25, 0.3) is 0 Å². The van der Waals surface area contributed by atoms with Crippen molar-refractivity contribution < 1.29 is 0 Å². The molecule has 0 aliphatic heterocycles. The number of nitrogens with zero attached hydrogens (tertiary/aromatic N) is 2. The van der Waals surface area contributed by atoms with Crippen molar-refractivity contribution in [2.24, 2.45) is 5.41 Å². The zero-order valence-corrected chi connectivity index (χ0v) is 9.67. The van der Waals surface area contributed by atoms with Crippen LogP contribution in [0.1, 0.15) is 39.3 Å². The Bertz CT molecular complexity index is 294. The number of nitrogen functional groups attached to an aromatic ring is 1. The second-order valence-electron chi connectivity index (χ2n) is 5.10. The molecule has 1 aromatic rings. The van der Waals surface area contributed by atoms with Crippen molar-refractivity contribution in [1.29, 1.82) is 0 Å². The summed E-state index contributed by atoms with van der Waals surface area (Å²) in [5.41, 5.74) is 7.16. The van der Waals surface area contributed by atoms with Gasteiger partial charge in [0.25, 0.3) is 0 Å². The second-order valence-corrected chi connectivity index (χ2v) is 5.10. The summed E-state index contributed by atoms with van der Waals surface area (Å²) in [6.45, 7) is 9.80. The van der Waals surface area contributed by atoms with Gasteiger partial charge < -0.3 is 5.73 Å². The van der Waals surface area contributed by atoms with Crippen LogP contribution in [-0.2, 0) is 6.54 Å². The maximum Gasteiger partial charge on any atom is 0.145 e. The van der Waals surface area contributed by atoms with Crippen LogP contribution in [0.2, 0.25) is 0 Å². The summed E-state index contributed by atoms with van der Waals surface area (Å²) < 4.78 is 1.99. The zero-order chi connectivity index (χ0) is 10.8. The van der Waals surface area contributed by atoms with Gasteiger partial charge in [-0.3, -0.25) is 4.68 Å². The van der Waals surface area contributed by atoms with E-state index in [0.717, 1.165) is 18.7 Å². The Kier molecular flexibility index (Phi) is 3.19. The van der Waals surface area contributed by atoms with Crippen LogP contribution < -0.4 is 5.73 Å². The van der Waals surface area contributed by atoms with Crippen LogP contribution in [0.3, 0.4) is 0 Å². The fourth-order valence-electron chi connectivity index (χ4n) is 1.52. The summed E-state index contributed by atoms with van der Waals surface area (Å²) >= 11 is 0. The van der Waals surface area contributed by atoms with Crippen molar-refractivity contribution in [3.05, 3.63) is 11.8 Å². The lowest BCUT2D eigenvalue weighted by molar-refractivity contribution is 0.348. The van der Waals surface area contributed by atoms with Crippen molar-refractivity contribution in [3.8, 4) is 0 Å². The fourth-order valence-corrected chi connectivity index (χ4v) is 1.52. The lowest BCUT2D eigenvalue weighted by Crippen LogP contribution is -2.09. The van der Waals surface area contributed by atoms with Gasteiger partial charge in [0, 0.05) is 18.3 Å². The van der Waals surface area contributed by atoms with Crippen molar-refractivity contribution in [2.75, 3.05) is 5.73 Å². The average Bonchev–Trinajstić information content (AvgIpc) is 2.27. The van der Waals surface area contributed by atoms with Gasteiger partial charge >= 0.3 is 0 Å². The quantitative estimate of drug-likeness (QED) is 0.805. The van der Waals surface area contributed by atoms with Gasteiger partial charge in [-0.25, -0.2) is 0 Å². The minimum Gasteiger partial charge on any atom is -0.382 e. The molecule has 80 valence electrons. The lowest BCUT2D eigenvalue weighted by Gasteiger charge is -2.17. The highest BCUT2D eigenvalue weighted by Crippen LogP contribution is 2.21. The first kappa shape index (κ1) is 11.1. The van der Waals surface area contributed by atoms with Gasteiger partial charge in [0.15, 0.2) is 0 Å². The fraction of sp³-hybridized carbons (Fsp3) is 0.727. The molecule has 0 amide bonds. The molecular weight excluding hydrogens is 174 g/mol. The third kappa shape index (κ3) is 3.40.